The van der Waals surface area contributed by atoms with Crippen LogP contribution in [-0.2, 0) is 0 Å². The van der Waals surface area contributed by atoms with E-state index in [2.05, 4.69) is 0 Å². The molecule has 0 fully saturated rings. The zero-order chi connectivity index (χ0) is 13.0. The van der Waals surface area contributed by atoms with Crippen LogP contribution in [0.25, 0.3) is 0 Å². The largest absolute Gasteiger partial charge is 0.399 e. The Hall–Kier alpha value is -1.26. The maximum absolute atomic E-state index is 12.1. The Labute approximate surface area is 107 Å². The topological polar surface area (TPSA) is 49.6 Å². The van der Waals surface area contributed by atoms with Crippen LogP contribution in [0.4, 0.5) is 5.69 Å². The van der Waals surface area contributed by atoms with Crippen molar-refractivity contribution < 1.29 is 4.79 Å². The van der Waals surface area contributed by atoms with Gasteiger partial charge in [0.1, 0.15) is 0 Å². The second kappa shape index (κ2) is 5.89. The molecular formula is C12H18ClN3O. The lowest BCUT2D eigenvalue weighted by Gasteiger charge is -2.20. The van der Waals surface area contributed by atoms with Gasteiger partial charge in [0.25, 0.3) is 5.91 Å². The van der Waals surface area contributed by atoms with Gasteiger partial charge in [0.2, 0.25) is 0 Å². The molecule has 1 amide bonds. The molecular weight excluding hydrogens is 238 g/mol. The van der Waals surface area contributed by atoms with E-state index >= 15 is 0 Å². The third-order valence-corrected chi connectivity index (χ3v) is 2.78. The lowest BCUT2D eigenvalue weighted by Crippen LogP contribution is -2.33. The number of hydrogen-bond acceptors (Lipinski definition) is 3. The molecule has 0 unspecified atom stereocenters. The van der Waals surface area contributed by atoms with Crippen molar-refractivity contribution in [2.24, 2.45) is 0 Å². The van der Waals surface area contributed by atoms with Crippen molar-refractivity contribution in [1.29, 1.82) is 0 Å². The average molecular weight is 256 g/mol. The highest BCUT2D eigenvalue weighted by molar-refractivity contribution is 6.33. The highest BCUT2D eigenvalue weighted by Crippen LogP contribution is 2.20. The van der Waals surface area contributed by atoms with E-state index in [0.717, 1.165) is 6.54 Å². The maximum atomic E-state index is 12.1. The van der Waals surface area contributed by atoms with E-state index in [1.165, 1.54) is 0 Å². The van der Waals surface area contributed by atoms with Crippen LogP contribution in [0.5, 0.6) is 0 Å². The van der Waals surface area contributed by atoms with Gasteiger partial charge in [-0.15, -0.1) is 0 Å². The summed E-state index contributed by atoms with van der Waals surface area (Å²) in [5.74, 6) is -0.107. The minimum Gasteiger partial charge on any atom is -0.399 e. The average Bonchev–Trinajstić information content (AvgIpc) is 2.28. The number of rotatable bonds is 4. The van der Waals surface area contributed by atoms with E-state index in [4.69, 9.17) is 17.3 Å². The molecule has 0 aliphatic heterocycles. The highest BCUT2D eigenvalue weighted by Gasteiger charge is 2.15. The number of anilines is 1. The number of likely N-dealkylation sites (N-methyl/N-ethyl adjacent to an activating group) is 2. The summed E-state index contributed by atoms with van der Waals surface area (Å²) in [4.78, 5) is 15.8. The van der Waals surface area contributed by atoms with E-state index < -0.39 is 0 Å². The van der Waals surface area contributed by atoms with Gasteiger partial charge in [-0.25, -0.2) is 0 Å². The number of nitrogens with two attached hydrogens (primary N) is 1. The summed E-state index contributed by atoms with van der Waals surface area (Å²) < 4.78 is 0. The minimum absolute atomic E-state index is 0.107. The first-order chi connectivity index (χ1) is 7.91. The van der Waals surface area contributed by atoms with Crippen molar-refractivity contribution in [2.45, 2.75) is 0 Å². The molecule has 94 valence electrons. The van der Waals surface area contributed by atoms with E-state index in [-0.39, 0.29) is 5.91 Å². The lowest BCUT2D eigenvalue weighted by molar-refractivity contribution is 0.0786. The van der Waals surface area contributed by atoms with Gasteiger partial charge < -0.3 is 15.5 Å². The SMILES string of the molecule is CN(C)CCN(C)C(=O)c1cc(N)ccc1Cl. The second-order valence-corrected chi connectivity index (χ2v) is 4.68. The molecule has 1 rings (SSSR count). The van der Waals surface area contributed by atoms with Gasteiger partial charge in [-0.2, -0.15) is 0 Å². The van der Waals surface area contributed by atoms with Crippen molar-refractivity contribution >= 4 is 23.2 Å². The number of nitrogen functional groups attached to an aromatic ring is 1. The van der Waals surface area contributed by atoms with Crippen LogP contribution in [0.15, 0.2) is 18.2 Å². The fourth-order valence-electron chi connectivity index (χ4n) is 1.36. The Morgan fingerprint density at radius 2 is 1.94 bits per heavy atom. The standard InChI is InChI=1S/C12H18ClN3O/c1-15(2)6-7-16(3)12(17)10-8-9(14)4-5-11(10)13/h4-5,8H,6-7,14H2,1-3H3. The first kappa shape index (κ1) is 13.8. The number of carbonyl (C=O) groups is 1. The number of carbonyl (C=O) groups excluding carboxylic acids is 1. The molecule has 0 heterocycles. The third-order valence-electron chi connectivity index (χ3n) is 2.45. The van der Waals surface area contributed by atoms with Crippen LogP contribution < -0.4 is 5.73 Å². The molecule has 0 aliphatic carbocycles. The van der Waals surface area contributed by atoms with Crippen LogP contribution in [0.3, 0.4) is 0 Å². The molecule has 1 aromatic carbocycles. The Bertz CT molecular complexity index is 407. The van der Waals surface area contributed by atoms with Crippen LogP contribution in [-0.4, -0.2) is 49.9 Å². The van der Waals surface area contributed by atoms with E-state index in [0.29, 0.717) is 22.8 Å². The number of amides is 1. The predicted molar refractivity (Wildman–Crippen MR) is 71.4 cm³/mol. The zero-order valence-corrected chi connectivity index (χ0v) is 11.2. The van der Waals surface area contributed by atoms with Gasteiger partial charge in [0, 0.05) is 25.8 Å². The van der Waals surface area contributed by atoms with Crippen LogP contribution >= 0.6 is 11.6 Å². The Balaban J connectivity index is 2.78. The monoisotopic (exact) mass is 255 g/mol. The molecule has 1 aromatic rings. The predicted octanol–water partition coefficient (Wildman–Crippen LogP) is 1.56. The molecule has 4 nitrogen and oxygen atoms in total. The summed E-state index contributed by atoms with van der Waals surface area (Å²) in [5.41, 5.74) is 6.64. The summed E-state index contributed by atoms with van der Waals surface area (Å²) in [6, 6.07) is 4.93. The van der Waals surface area contributed by atoms with Crippen LogP contribution in [0, 0.1) is 0 Å². The van der Waals surface area contributed by atoms with Crippen molar-refractivity contribution in [2.75, 3.05) is 40.0 Å². The zero-order valence-electron chi connectivity index (χ0n) is 10.4. The first-order valence-electron chi connectivity index (χ1n) is 5.37. The maximum Gasteiger partial charge on any atom is 0.255 e. The van der Waals surface area contributed by atoms with Gasteiger partial charge in [0.15, 0.2) is 0 Å². The molecule has 0 saturated heterocycles. The van der Waals surface area contributed by atoms with Crippen molar-refractivity contribution in [3.8, 4) is 0 Å². The molecule has 5 heteroatoms. The van der Waals surface area contributed by atoms with E-state index in [1.54, 1.807) is 30.1 Å². The van der Waals surface area contributed by atoms with E-state index in [9.17, 15) is 4.79 Å². The molecule has 0 saturated carbocycles. The molecule has 0 aliphatic rings. The fraction of sp³-hybridized carbons (Fsp3) is 0.417. The minimum atomic E-state index is -0.107. The molecule has 0 aromatic heterocycles. The molecule has 17 heavy (non-hydrogen) atoms. The smallest absolute Gasteiger partial charge is 0.255 e. The highest BCUT2D eigenvalue weighted by atomic mass is 35.5. The van der Waals surface area contributed by atoms with Crippen LogP contribution in [0.2, 0.25) is 5.02 Å². The summed E-state index contributed by atoms with van der Waals surface area (Å²) in [7, 11) is 5.68. The van der Waals surface area contributed by atoms with Crippen molar-refractivity contribution in [3.05, 3.63) is 28.8 Å². The third kappa shape index (κ3) is 3.91. The van der Waals surface area contributed by atoms with Gasteiger partial charge in [-0.1, -0.05) is 11.6 Å². The van der Waals surface area contributed by atoms with Gasteiger partial charge >= 0.3 is 0 Å². The number of halogens is 1. The molecule has 0 spiro atoms. The Kier molecular flexibility index (Phi) is 4.78. The lowest BCUT2D eigenvalue weighted by atomic mass is 10.2. The molecule has 2 N–H and O–H groups in total. The Morgan fingerprint density at radius 1 is 1.29 bits per heavy atom. The van der Waals surface area contributed by atoms with E-state index in [1.807, 2.05) is 19.0 Å². The number of benzene rings is 1. The van der Waals surface area contributed by atoms with Crippen LogP contribution in [0.1, 0.15) is 10.4 Å². The van der Waals surface area contributed by atoms with Gasteiger partial charge in [-0.05, 0) is 32.3 Å². The quantitative estimate of drug-likeness (QED) is 0.831. The van der Waals surface area contributed by atoms with Crippen molar-refractivity contribution in [3.63, 3.8) is 0 Å². The molecule has 0 bridgehead atoms. The molecule has 0 radical (unpaired) electrons. The summed E-state index contributed by atoms with van der Waals surface area (Å²) >= 11 is 5.98. The van der Waals surface area contributed by atoms with Gasteiger partial charge in [0.05, 0.1) is 10.6 Å². The Morgan fingerprint density at radius 3 is 2.53 bits per heavy atom. The molecule has 0 atom stereocenters. The number of nitrogens with zero attached hydrogens (tertiary/aromatic N) is 2. The summed E-state index contributed by atoms with van der Waals surface area (Å²) in [6.07, 6.45) is 0. The summed E-state index contributed by atoms with van der Waals surface area (Å²) in [6.45, 7) is 1.46. The van der Waals surface area contributed by atoms with Gasteiger partial charge in [-0.3, -0.25) is 4.79 Å². The van der Waals surface area contributed by atoms with Crippen molar-refractivity contribution in [1.82, 2.24) is 9.80 Å². The first-order valence-corrected chi connectivity index (χ1v) is 5.75. The summed E-state index contributed by atoms with van der Waals surface area (Å²) in [5, 5.41) is 0.431. The number of hydrogen-bond donors (Lipinski definition) is 1. The second-order valence-electron chi connectivity index (χ2n) is 4.27. The normalized spacial score (nSPS) is 10.6. The fourth-order valence-corrected chi connectivity index (χ4v) is 1.56.